The van der Waals surface area contributed by atoms with E-state index in [1.165, 1.54) is 25.5 Å². The number of amides is 1. The summed E-state index contributed by atoms with van der Waals surface area (Å²) in [6.07, 6.45) is 5.46. The van der Waals surface area contributed by atoms with Crippen LogP contribution in [0.5, 0.6) is 0 Å². The Labute approximate surface area is 146 Å². The quantitative estimate of drug-likeness (QED) is 0.665. The Balaban J connectivity index is 1.49. The van der Waals surface area contributed by atoms with E-state index in [0.717, 1.165) is 24.5 Å². The summed E-state index contributed by atoms with van der Waals surface area (Å²) in [5.41, 5.74) is 3.39. The lowest BCUT2D eigenvalue weighted by Crippen LogP contribution is -2.28. The van der Waals surface area contributed by atoms with Crippen LogP contribution in [0.15, 0.2) is 45.9 Å². The van der Waals surface area contributed by atoms with Crippen LogP contribution in [-0.4, -0.2) is 25.2 Å². The second-order valence-electron chi connectivity index (χ2n) is 5.82. The summed E-state index contributed by atoms with van der Waals surface area (Å²) in [4.78, 5) is 14.1. The predicted molar refractivity (Wildman–Crippen MR) is 95.7 cm³/mol. The number of carbonyl (C=O) groups excluding carboxylic acids is 1. The van der Waals surface area contributed by atoms with Crippen molar-refractivity contribution in [2.45, 2.75) is 25.7 Å². The molecule has 1 aliphatic heterocycles. The Morgan fingerprint density at radius 3 is 2.67 bits per heavy atom. The zero-order chi connectivity index (χ0) is 16.8. The molecule has 1 aromatic heterocycles. The van der Waals surface area contributed by atoms with Crippen LogP contribution >= 0.6 is 11.6 Å². The number of rotatable bonds is 5. The van der Waals surface area contributed by atoms with E-state index in [9.17, 15) is 4.79 Å². The van der Waals surface area contributed by atoms with Crippen LogP contribution < -0.4 is 10.3 Å². The number of furan rings is 1. The summed E-state index contributed by atoms with van der Waals surface area (Å²) in [5.74, 6) is 1.31. The topological polar surface area (TPSA) is 57.8 Å². The monoisotopic (exact) mass is 345 g/mol. The van der Waals surface area contributed by atoms with Crippen molar-refractivity contribution in [3.05, 3.63) is 52.7 Å². The fraction of sp³-hybridized carbons (Fsp3) is 0.333. The van der Waals surface area contributed by atoms with Gasteiger partial charge in [-0.05, 0) is 43.0 Å². The van der Waals surface area contributed by atoms with Crippen LogP contribution in [0.1, 0.15) is 30.6 Å². The van der Waals surface area contributed by atoms with Crippen molar-refractivity contribution < 1.29 is 9.21 Å². The highest BCUT2D eigenvalue weighted by atomic mass is 35.5. The van der Waals surface area contributed by atoms with Crippen molar-refractivity contribution in [2.24, 2.45) is 5.10 Å². The van der Waals surface area contributed by atoms with Gasteiger partial charge >= 0.3 is 0 Å². The molecule has 1 aliphatic rings. The number of hydrogen-bond acceptors (Lipinski definition) is 4. The minimum Gasteiger partial charge on any atom is -0.440 e. The molecule has 0 atom stereocenters. The van der Waals surface area contributed by atoms with Crippen LogP contribution in [0.4, 0.5) is 5.88 Å². The minimum atomic E-state index is -0.184. The van der Waals surface area contributed by atoms with Crippen molar-refractivity contribution >= 4 is 29.6 Å². The third-order valence-corrected chi connectivity index (χ3v) is 4.19. The van der Waals surface area contributed by atoms with Gasteiger partial charge < -0.3 is 9.32 Å². The summed E-state index contributed by atoms with van der Waals surface area (Å²) >= 11 is 5.82. The molecule has 2 aromatic rings. The van der Waals surface area contributed by atoms with Crippen molar-refractivity contribution in [2.75, 3.05) is 18.0 Å². The lowest BCUT2D eigenvalue weighted by atomic mass is 10.1. The molecule has 0 unspecified atom stereocenters. The summed E-state index contributed by atoms with van der Waals surface area (Å²) in [5, 5.41) is 4.60. The number of hydrazone groups is 1. The number of halogens is 1. The average Bonchev–Trinajstić information content (AvgIpc) is 3.07. The summed E-state index contributed by atoms with van der Waals surface area (Å²) in [6, 6.07) is 11.0. The van der Waals surface area contributed by atoms with E-state index in [1.807, 2.05) is 24.3 Å². The molecule has 24 heavy (non-hydrogen) atoms. The van der Waals surface area contributed by atoms with Crippen molar-refractivity contribution in [3.63, 3.8) is 0 Å². The van der Waals surface area contributed by atoms with Gasteiger partial charge in [0.1, 0.15) is 5.76 Å². The number of anilines is 1. The highest BCUT2D eigenvalue weighted by Crippen LogP contribution is 2.21. The fourth-order valence-corrected chi connectivity index (χ4v) is 2.82. The highest BCUT2D eigenvalue weighted by Gasteiger charge is 2.13. The van der Waals surface area contributed by atoms with Gasteiger partial charge in [-0.3, -0.25) is 4.79 Å². The molecule has 3 rings (SSSR count). The van der Waals surface area contributed by atoms with E-state index >= 15 is 0 Å². The van der Waals surface area contributed by atoms with E-state index in [4.69, 9.17) is 16.0 Å². The first-order valence-corrected chi connectivity index (χ1v) is 8.50. The van der Waals surface area contributed by atoms with Gasteiger partial charge in [0, 0.05) is 24.2 Å². The molecule has 0 bridgehead atoms. The first-order chi connectivity index (χ1) is 11.7. The number of piperidine rings is 1. The zero-order valence-corrected chi connectivity index (χ0v) is 14.1. The van der Waals surface area contributed by atoms with Crippen molar-refractivity contribution in [1.29, 1.82) is 0 Å². The average molecular weight is 346 g/mol. The molecule has 1 saturated heterocycles. The molecular weight excluding hydrogens is 326 g/mol. The molecular formula is C18H20ClN3O2. The van der Waals surface area contributed by atoms with Crippen LogP contribution in [0.3, 0.4) is 0 Å². The predicted octanol–water partition coefficient (Wildman–Crippen LogP) is 3.62. The van der Waals surface area contributed by atoms with Gasteiger partial charge in [-0.15, -0.1) is 0 Å². The largest absolute Gasteiger partial charge is 0.440 e. The van der Waals surface area contributed by atoms with E-state index in [-0.39, 0.29) is 12.3 Å². The second-order valence-corrected chi connectivity index (χ2v) is 6.26. The molecule has 126 valence electrons. The molecule has 1 fully saturated rings. The van der Waals surface area contributed by atoms with Crippen LogP contribution in [0.25, 0.3) is 0 Å². The molecule has 0 aliphatic carbocycles. The SMILES string of the molecule is O=C(Cc1ccc(Cl)cc1)N/N=C\c1ccc(N2CCCCC2)o1. The number of benzene rings is 1. The maximum absolute atomic E-state index is 11.8. The lowest BCUT2D eigenvalue weighted by Gasteiger charge is -2.25. The molecule has 0 spiro atoms. The number of nitrogens with zero attached hydrogens (tertiary/aromatic N) is 2. The van der Waals surface area contributed by atoms with Gasteiger partial charge in [0.25, 0.3) is 0 Å². The number of carbonyl (C=O) groups is 1. The normalized spacial score (nSPS) is 15.0. The van der Waals surface area contributed by atoms with Crippen LogP contribution in [0.2, 0.25) is 5.02 Å². The molecule has 6 heteroatoms. The fourth-order valence-electron chi connectivity index (χ4n) is 2.69. The number of hydrogen-bond donors (Lipinski definition) is 1. The Morgan fingerprint density at radius 1 is 1.17 bits per heavy atom. The van der Waals surface area contributed by atoms with Crippen molar-refractivity contribution in [3.8, 4) is 0 Å². The molecule has 5 nitrogen and oxygen atoms in total. The zero-order valence-electron chi connectivity index (χ0n) is 13.4. The Morgan fingerprint density at radius 2 is 1.92 bits per heavy atom. The first-order valence-electron chi connectivity index (χ1n) is 8.12. The van der Waals surface area contributed by atoms with E-state index in [1.54, 1.807) is 12.1 Å². The molecule has 0 radical (unpaired) electrons. The summed E-state index contributed by atoms with van der Waals surface area (Å²) in [6.45, 7) is 2.06. The van der Waals surface area contributed by atoms with Gasteiger partial charge in [0.2, 0.25) is 5.91 Å². The lowest BCUT2D eigenvalue weighted by molar-refractivity contribution is -0.120. The van der Waals surface area contributed by atoms with E-state index in [2.05, 4.69) is 15.4 Å². The Bertz CT molecular complexity index is 703. The minimum absolute atomic E-state index is 0.184. The van der Waals surface area contributed by atoms with Gasteiger partial charge in [-0.2, -0.15) is 5.10 Å². The molecule has 1 N–H and O–H groups in total. The molecule has 1 aromatic carbocycles. The Kier molecular flexibility index (Phi) is 5.54. The van der Waals surface area contributed by atoms with Gasteiger partial charge in [-0.25, -0.2) is 5.43 Å². The van der Waals surface area contributed by atoms with Crippen LogP contribution in [0, 0.1) is 0 Å². The van der Waals surface area contributed by atoms with Gasteiger partial charge in [0.05, 0.1) is 12.6 Å². The molecule has 2 heterocycles. The number of nitrogens with one attached hydrogen (secondary N) is 1. The van der Waals surface area contributed by atoms with E-state index < -0.39 is 0 Å². The van der Waals surface area contributed by atoms with Gasteiger partial charge in [-0.1, -0.05) is 23.7 Å². The van der Waals surface area contributed by atoms with Gasteiger partial charge in [0.15, 0.2) is 5.88 Å². The standard InChI is InChI=1S/C18H20ClN3O2/c19-15-6-4-14(5-7-15)12-17(23)21-20-13-16-8-9-18(24-16)22-10-2-1-3-11-22/h4-9,13H,1-3,10-12H2,(H,21,23)/b20-13-. The molecule has 1 amide bonds. The smallest absolute Gasteiger partial charge is 0.244 e. The Hall–Kier alpha value is -2.27. The molecule has 0 saturated carbocycles. The maximum atomic E-state index is 11.8. The van der Waals surface area contributed by atoms with Crippen molar-refractivity contribution in [1.82, 2.24) is 5.43 Å². The van der Waals surface area contributed by atoms with E-state index in [0.29, 0.717) is 10.8 Å². The first kappa shape index (κ1) is 16.6. The summed E-state index contributed by atoms with van der Waals surface area (Å²) < 4.78 is 5.75. The maximum Gasteiger partial charge on any atom is 0.244 e. The second kappa shape index (κ2) is 8.02. The third kappa shape index (κ3) is 4.61. The highest BCUT2D eigenvalue weighted by molar-refractivity contribution is 6.30. The van der Waals surface area contributed by atoms with Crippen LogP contribution in [-0.2, 0) is 11.2 Å². The third-order valence-electron chi connectivity index (χ3n) is 3.94. The summed E-state index contributed by atoms with van der Waals surface area (Å²) in [7, 11) is 0.